The number of hydrogen-bond acceptors (Lipinski definition) is 3. The van der Waals surface area contributed by atoms with Crippen LogP contribution in [0.25, 0.3) is 0 Å². The molecule has 0 aliphatic carbocycles. The van der Waals surface area contributed by atoms with Gasteiger partial charge in [0.15, 0.2) is 0 Å². The van der Waals surface area contributed by atoms with Crippen molar-refractivity contribution in [2.45, 2.75) is 25.6 Å². The molecule has 0 radical (unpaired) electrons. The highest BCUT2D eigenvalue weighted by Crippen LogP contribution is 2.33. The van der Waals surface area contributed by atoms with Crippen LogP contribution in [0.1, 0.15) is 18.9 Å². The van der Waals surface area contributed by atoms with Crippen LogP contribution in [-0.2, 0) is 15.7 Å². The summed E-state index contributed by atoms with van der Waals surface area (Å²) in [4.78, 5) is 12.0. The third-order valence-corrected chi connectivity index (χ3v) is 3.35. The average molecular weight is 288 g/mol. The molecule has 7 heteroatoms. The number of nitrogens with one attached hydrogen (secondary N) is 1. The SMILES string of the molecule is CC1OCCC1C(=O)Nc1ccc(C(F)(F)F)cc1N. The Labute approximate surface area is 114 Å². The van der Waals surface area contributed by atoms with Gasteiger partial charge in [-0.3, -0.25) is 4.79 Å². The molecule has 2 rings (SSSR count). The zero-order valence-corrected chi connectivity index (χ0v) is 10.8. The topological polar surface area (TPSA) is 64.3 Å². The number of alkyl halides is 3. The van der Waals surface area contributed by atoms with Gasteiger partial charge in [0.2, 0.25) is 5.91 Å². The number of benzene rings is 1. The number of ether oxygens (including phenoxy) is 1. The first-order chi connectivity index (χ1) is 9.29. The van der Waals surface area contributed by atoms with Gasteiger partial charge in [0.25, 0.3) is 0 Å². The number of nitrogen functional groups attached to an aromatic ring is 1. The summed E-state index contributed by atoms with van der Waals surface area (Å²) in [6, 6.07) is 2.86. The van der Waals surface area contributed by atoms with E-state index in [1.54, 1.807) is 6.92 Å². The molecular weight excluding hydrogens is 273 g/mol. The molecule has 2 unspecified atom stereocenters. The number of halogens is 3. The van der Waals surface area contributed by atoms with Crippen molar-refractivity contribution in [1.29, 1.82) is 0 Å². The smallest absolute Gasteiger partial charge is 0.397 e. The van der Waals surface area contributed by atoms with Crippen LogP contribution in [0.5, 0.6) is 0 Å². The highest BCUT2D eigenvalue weighted by molar-refractivity contribution is 5.95. The van der Waals surface area contributed by atoms with Crippen LogP contribution in [0, 0.1) is 5.92 Å². The monoisotopic (exact) mass is 288 g/mol. The Hall–Kier alpha value is -1.76. The van der Waals surface area contributed by atoms with Crippen molar-refractivity contribution in [3.05, 3.63) is 23.8 Å². The molecule has 20 heavy (non-hydrogen) atoms. The van der Waals surface area contributed by atoms with Crippen molar-refractivity contribution in [2.24, 2.45) is 5.92 Å². The van der Waals surface area contributed by atoms with Crippen molar-refractivity contribution in [3.8, 4) is 0 Å². The summed E-state index contributed by atoms with van der Waals surface area (Å²) in [6.45, 7) is 2.29. The maximum atomic E-state index is 12.5. The van der Waals surface area contributed by atoms with Gasteiger partial charge < -0.3 is 15.8 Å². The Kier molecular flexibility index (Phi) is 3.89. The van der Waals surface area contributed by atoms with Gasteiger partial charge in [0.1, 0.15) is 0 Å². The van der Waals surface area contributed by atoms with E-state index in [2.05, 4.69) is 5.32 Å². The van der Waals surface area contributed by atoms with Crippen molar-refractivity contribution < 1.29 is 22.7 Å². The lowest BCUT2D eigenvalue weighted by Gasteiger charge is -2.16. The van der Waals surface area contributed by atoms with Gasteiger partial charge in [-0.05, 0) is 31.5 Å². The van der Waals surface area contributed by atoms with E-state index < -0.39 is 11.7 Å². The summed E-state index contributed by atoms with van der Waals surface area (Å²) in [5, 5.41) is 2.55. The molecule has 4 nitrogen and oxygen atoms in total. The highest BCUT2D eigenvalue weighted by atomic mass is 19.4. The van der Waals surface area contributed by atoms with Crippen LogP contribution in [0.2, 0.25) is 0 Å². The molecular formula is C13H15F3N2O2. The minimum atomic E-state index is -4.45. The third kappa shape index (κ3) is 3.04. The lowest BCUT2D eigenvalue weighted by molar-refractivity contribution is -0.137. The number of amides is 1. The van der Waals surface area contributed by atoms with Crippen molar-refractivity contribution in [1.82, 2.24) is 0 Å². The average Bonchev–Trinajstić information content (AvgIpc) is 2.76. The maximum absolute atomic E-state index is 12.5. The first-order valence-electron chi connectivity index (χ1n) is 6.18. The molecule has 1 aliphatic rings. The molecule has 2 atom stereocenters. The van der Waals surface area contributed by atoms with Gasteiger partial charge in [-0.25, -0.2) is 0 Å². The predicted octanol–water partition coefficient (Wildman–Crippen LogP) is 2.65. The Morgan fingerprint density at radius 1 is 1.45 bits per heavy atom. The van der Waals surface area contributed by atoms with Crippen LogP contribution in [0.3, 0.4) is 0 Å². The lowest BCUT2D eigenvalue weighted by Crippen LogP contribution is -2.28. The predicted molar refractivity (Wildman–Crippen MR) is 68.0 cm³/mol. The van der Waals surface area contributed by atoms with Crippen LogP contribution >= 0.6 is 0 Å². The lowest BCUT2D eigenvalue weighted by atomic mass is 10.0. The molecule has 0 aromatic heterocycles. The maximum Gasteiger partial charge on any atom is 0.416 e. The number of carbonyl (C=O) groups is 1. The molecule has 1 aliphatic heterocycles. The number of nitrogens with two attached hydrogens (primary N) is 1. The van der Waals surface area contributed by atoms with Crippen LogP contribution in [0.15, 0.2) is 18.2 Å². The summed E-state index contributed by atoms with van der Waals surface area (Å²) in [5.41, 5.74) is 4.78. The number of anilines is 2. The van der Waals surface area contributed by atoms with E-state index in [1.165, 1.54) is 0 Å². The Morgan fingerprint density at radius 3 is 2.65 bits per heavy atom. The van der Waals surface area contributed by atoms with Gasteiger partial charge in [-0.2, -0.15) is 13.2 Å². The van der Waals surface area contributed by atoms with E-state index in [1.807, 2.05) is 0 Å². The molecule has 0 bridgehead atoms. The van der Waals surface area contributed by atoms with Gasteiger partial charge in [0, 0.05) is 6.61 Å². The Bertz CT molecular complexity index is 517. The summed E-state index contributed by atoms with van der Waals surface area (Å²) >= 11 is 0. The first kappa shape index (κ1) is 14.6. The molecule has 1 aromatic carbocycles. The van der Waals surface area contributed by atoms with Crippen molar-refractivity contribution >= 4 is 17.3 Å². The fraction of sp³-hybridized carbons (Fsp3) is 0.462. The van der Waals surface area contributed by atoms with Gasteiger partial charge >= 0.3 is 6.18 Å². The minimum absolute atomic E-state index is 0.111. The zero-order valence-electron chi connectivity index (χ0n) is 10.8. The number of rotatable bonds is 2. The van der Waals surface area contributed by atoms with Crippen molar-refractivity contribution in [2.75, 3.05) is 17.7 Å². The molecule has 0 spiro atoms. The fourth-order valence-corrected chi connectivity index (χ4v) is 2.15. The van der Waals surface area contributed by atoms with E-state index in [4.69, 9.17) is 10.5 Å². The second-order valence-corrected chi connectivity index (χ2v) is 4.76. The summed E-state index contributed by atoms with van der Waals surface area (Å²) < 4.78 is 42.8. The van der Waals surface area contributed by atoms with Crippen LogP contribution in [-0.4, -0.2) is 18.6 Å². The summed E-state index contributed by atoms with van der Waals surface area (Å²) in [5.74, 6) is -0.599. The second-order valence-electron chi connectivity index (χ2n) is 4.76. The molecule has 1 fully saturated rings. The van der Waals surface area contributed by atoms with E-state index >= 15 is 0 Å². The Balaban J connectivity index is 2.12. The molecule has 1 amide bonds. The molecule has 0 saturated carbocycles. The van der Waals surface area contributed by atoms with Gasteiger partial charge in [-0.1, -0.05) is 0 Å². The largest absolute Gasteiger partial charge is 0.416 e. The van der Waals surface area contributed by atoms with Crippen molar-refractivity contribution in [3.63, 3.8) is 0 Å². The summed E-state index contributed by atoms with van der Waals surface area (Å²) in [7, 11) is 0. The first-order valence-corrected chi connectivity index (χ1v) is 6.18. The van der Waals surface area contributed by atoms with Crippen LogP contribution < -0.4 is 11.1 Å². The quantitative estimate of drug-likeness (QED) is 0.822. The minimum Gasteiger partial charge on any atom is -0.397 e. The van der Waals surface area contributed by atoms with Gasteiger partial charge in [-0.15, -0.1) is 0 Å². The second kappa shape index (κ2) is 5.32. The molecule has 1 heterocycles. The number of carbonyl (C=O) groups excluding carboxylic acids is 1. The molecule has 3 N–H and O–H groups in total. The highest BCUT2D eigenvalue weighted by Gasteiger charge is 2.32. The normalized spacial score (nSPS) is 22.8. The summed E-state index contributed by atoms with van der Waals surface area (Å²) in [6.07, 6.45) is -4.07. The van der Waals surface area contributed by atoms with E-state index in [0.717, 1.165) is 18.2 Å². The molecule has 1 saturated heterocycles. The molecule has 110 valence electrons. The third-order valence-electron chi connectivity index (χ3n) is 3.35. The van der Waals surface area contributed by atoms with Gasteiger partial charge in [0.05, 0.1) is 29.0 Å². The van der Waals surface area contributed by atoms with E-state index in [9.17, 15) is 18.0 Å². The number of hydrogen-bond donors (Lipinski definition) is 2. The molecule has 1 aromatic rings. The zero-order chi connectivity index (χ0) is 14.9. The fourth-order valence-electron chi connectivity index (χ4n) is 2.15. The standard InChI is InChI=1S/C13H15F3N2O2/c1-7-9(4-5-20-7)12(19)18-11-3-2-8(6-10(11)17)13(14,15)16/h2-3,6-7,9H,4-5,17H2,1H3,(H,18,19). The van der Waals surface area contributed by atoms with E-state index in [0.29, 0.717) is 13.0 Å². The van der Waals surface area contributed by atoms with E-state index in [-0.39, 0.29) is 29.3 Å². The van der Waals surface area contributed by atoms with Crippen LogP contribution in [0.4, 0.5) is 24.5 Å². The Morgan fingerprint density at radius 2 is 2.15 bits per heavy atom.